The lowest BCUT2D eigenvalue weighted by molar-refractivity contribution is -0.117. The maximum absolute atomic E-state index is 12.9. The van der Waals surface area contributed by atoms with Crippen LogP contribution in [-0.4, -0.2) is 50.6 Å². The van der Waals surface area contributed by atoms with Crippen molar-refractivity contribution in [1.29, 1.82) is 0 Å². The van der Waals surface area contributed by atoms with Crippen LogP contribution in [-0.2, 0) is 4.79 Å². The van der Waals surface area contributed by atoms with Crippen LogP contribution in [0.2, 0.25) is 0 Å². The van der Waals surface area contributed by atoms with Crippen molar-refractivity contribution in [2.75, 3.05) is 18.0 Å². The average Bonchev–Trinajstić information content (AvgIpc) is 3.08. The smallest absolute Gasteiger partial charge is 0.292 e. The molecule has 0 bridgehead atoms. The van der Waals surface area contributed by atoms with Crippen LogP contribution < -0.4 is 10.2 Å². The van der Waals surface area contributed by atoms with E-state index in [1.54, 1.807) is 30.1 Å². The highest BCUT2D eigenvalue weighted by atomic mass is 16.2. The Morgan fingerprint density at radius 2 is 1.67 bits per heavy atom. The molecule has 0 unspecified atom stereocenters. The van der Waals surface area contributed by atoms with Crippen LogP contribution in [0.4, 0.5) is 5.95 Å². The minimum absolute atomic E-state index is 0.0498. The largest absolute Gasteiger partial charge is 0.346 e. The molecule has 1 amide bonds. The first kappa shape index (κ1) is 19.8. The number of aromatic nitrogens is 4. The van der Waals surface area contributed by atoms with E-state index in [0.29, 0.717) is 22.9 Å². The molecule has 1 aliphatic heterocycles. The van der Waals surface area contributed by atoms with Crippen molar-refractivity contribution in [3.05, 3.63) is 65.7 Å². The lowest BCUT2D eigenvalue weighted by Crippen LogP contribution is -2.47. The van der Waals surface area contributed by atoms with E-state index < -0.39 is 11.7 Å². The van der Waals surface area contributed by atoms with E-state index in [2.05, 4.69) is 25.3 Å². The van der Waals surface area contributed by atoms with Gasteiger partial charge in [-0.25, -0.2) is 14.6 Å². The van der Waals surface area contributed by atoms with Crippen LogP contribution >= 0.6 is 0 Å². The van der Waals surface area contributed by atoms with Crippen LogP contribution in [0.15, 0.2) is 48.8 Å². The fraction of sp³-hybridized carbons (Fsp3) is 0.318. The van der Waals surface area contributed by atoms with E-state index >= 15 is 0 Å². The standard InChI is InChI=1S/C22H24N6O2/c1-15-19(16(2)28(26-15)18-7-4-3-5-8-18)20(29)21(30)25-17-9-13-27(14-10-17)22-23-11-6-12-24-22/h3-8,11-12,17H,9-10,13-14H2,1-2H3,(H,25,30). The van der Waals surface area contributed by atoms with Gasteiger partial charge in [0.2, 0.25) is 5.95 Å². The van der Waals surface area contributed by atoms with Gasteiger partial charge in [-0.3, -0.25) is 9.59 Å². The highest BCUT2D eigenvalue weighted by molar-refractivity contribution is 6.43. The Morgan fingerprint density at radius 3 is 2.33 bits per heavy atom. The normalized spacial score (nSPS) is 14.5. The molecule has 1 aliphatic rings. The highest BCUT2D eigenvalue weighted by Gasteiger charge is 2.28. The van der Waals surface area contributed by atoms with Gasteiger partial charge in [0.05, 0.1) is 22.6 Å². The van der Waals surface area contributed by atoms with Crippen molar-refractivity contribution in [2.45, 2.75) is 32.7 Å². The average molecular weight is 404 g/mol. The van der Waals surface area contributed by atoms with Gasteiger partial charge in [0.1, 0.15) is 0 Å². The highest BCUT2D eigenvalue weighted by Crippen LogP contribution is 2.19. The molecule has 1 fully saturated rings. The van der Waals surface area contributed by atoms with Gasteiger partial charge in [0, 0.05) is 31.5 Å². The summed E-state index contributed by atoms with van der Waals surface area (Å²) in [5, 5.41) is 7.37. The van der Waals surface area contributed by atoms with Gasteiger partial charge in [-0.2, -0.15) is 5.10 Å². The molecule has 0 atom stereocenters. The number of Topliss-reactive ketones (excluding diaryl/α,β-unsaturated/α-hetero) is 1. The van der Waals surface area contributed by atoms with Gasteiger partial charge in [0.15, 0.2) is 0 Å². The Bertz CT molecular complexity index is 1040. The predicted molar refractivity (Wildman–Crippen MR) is 113 cm³/mol. The number of aryl methyl sites for hydroxylation is 1. The number of hydrogen-bond donors (Lipinski definition) is 1. The van der Waals surface area contributed by atoms with E-state index in [4.69, 9.17) is 0 Å². The summed E-state index contributed by atoms with van der Waals surface area (Å²) in [4.78, 5) is 36.2. The predicted octanol–water partition coefficient (Wildman–Crippen LogP) is 2.25. The number of rotatable bonds is 5. The van der Waals surface area contributed by atoms with Crippen LogP contribution in [0.25, 0.3) is 5.69 Å². The van der Waals surface area contributed by atoms with Gasteiger partial charge in [0.25, 0.3) is 11.7 Å². The second-order valence-corrected chi connectivity index (χ2v) is 7.41. The molecule has 3 heterocycles. The summed E-state index contributed by atoms with van der Waals surface area (Å²) >= 11 is 0. The fourth-order valence-corrected chi connectivity index (χ4v) is 3.83. The van der Waals surface area contributed by atoms with Crippen LogP contribution in [0.5, 0.6) is 0 Å². The number of para-hydroxylation sites is 1. The molecule has 4 rings (SSSR count). The Balaban J connectivity index is 1.41. The summed E-state index contributed by atoms with van der Waals surface area (Å²) in [5.74, 6) is -0.429. The number of carbonyl (C=O) groups excluding carboxylic acids is 2. The third-order valence-corrected chi connectivity index (χ3v) is 5.39. The molecule has 0 aliphatic carbocycles. The molecular weight excluding hydrogens is 380 g/mol. The van der Waals surface area contributed by atoms with E-state index in [0.717, 1.165) is 31.6 Å². The summed E-state index contributed by atoms with van der Waals surface area (Å²) in [6.45, 7) is 5.03. The van der Waals surface area contributed by atoms with Gasteiger partial charge >= 0.3 is 0 Å². The molecule has 8 heteroatoms. The molecule has 1 N–H and O–H groups in total. The van der Waals surface area contributed by atoms with E-state index in [1.165, 1.54) is 0 Å². The van der Waals surface area contributed by atoms with Crippen molar-refractivity contribution >= 4 is 17.6 Å². The topological polar surface area (TPSA) is 93.0 Å². The molecule has 1 aromatic carbocycles. The summed E-state index contributed by atoms with van der Waals surface area (Å²) in [6, 6.07) is 11.3. The number of carbonyl (C=O) groups is 2. The van der Waals surface area contributed by atoms with E-state index in [9.17, 15) is 9.59 Å². The Hall–Kier alpha value is -3.55. The number of amides is 1. The second kappa shape index (κ2) is 8.44. The quantitative estimate of drug-likeness (QED) is 0.518. The third kappa shape index (κ3) is 3.94. The Labute approximate surface area is 175 Å². The molecule has 3 aromatic rings. The van der Waals surface area contributed by atoms with Crippen molar-refractivity contribution in [1.82, 2.24) is 25.1 Å². The Morgan fingerprint density at radius 1 is 1.00 bits per heavy atom. The van der Waals surface area contributed by atoms with Crippen molar-refractivity contribution in [2.24, 2.45) is 0 Å². The molecule has 0 saturated carbocycles. The number of ketones is 1. The van der Waals surface area contributed by atoms with E-state index in [1.807, 2.05) is 37.3 Å². The third-order valence-electron chi connectivity index (χ3n) is 5.39. The zero-order chi connectivity index (χ0) is 21.1. The monoisotopic (exact) mass is 404 g/mol. The van der Waals surface area contributed by atoms with Crippen molar-refractivity contribution < 1.29 is 9.59 Å². The van der Waals surface area contributed by atoms with Crippen LogP contribution in [0, 0.1) is 13.8 Å². The summed E-state index contributed by atoms with van der Waals surface area (Å²) in [6.07, 6.45) is 4.90. The summed E-state index contributed by atoms with van der Waals surface area (Å²) in [7, 11) is 0. The van der Waals surface area contributed by atoms with Crippen LogP contribution in [0.1, 0.15) is 34.6 Å². The molecule has 8 nitrogen and oxygen atoms in total. The van der Waals surface area contributed by atoms with Crippen molar-refractivity contribution in [3.8, 4) is 5.69 Å². The number of nitrogens with one attached hydrogen (secondary N) is 1. The fourth-order valence-electron chi connectivity index (χ4n) is 3.83. The minimum Gasteiger partial charge on any atom is -0.346 e. The molecule has 30 heavy (non-hydrogen) atoms. The first-order valence-corrected chi connectivity index (χ1v) is 10.0. The summed E-state index contributed by atoms with van der Waals surface area (Å²) in [5.41, 5.74) is 2.43. The maximum atomic E-state index is 12.9. The molecular formula is C22H24N6O2. The van der Waals surface area contributed by atoms with Gasteiger partial charge in [-0.05, 0) is 44.9 Å². The first-order valence-electron chi connectivity index (χ1n) is 10.0. The van der Waals surface area contributed by atoms with Crippen LogP contribution in [0.3, 0.4) is 0 Å². The molecule has 0 spiro atoms. The number of hydrogen-bond acceptors (Lipinski definition) is 6. The molecule has 154 valence electrons. The first-order chi connectivity index (χ1) is 14.5. The lowest BCUT2D eigenvalue weighted by atomic mass is 10.0. The van der Waals surface area contributed by atoms with Gasteiger partial charge in [-0.1, -0.05) is 18.2 Å². The van der Waals surface area contributed by atoms with E-state index in [-0.39, 0.29) is 6.04 Å². The second-order valence-electron chi connectivity index (χ2n) is 7.41. The van der Waals surface area contributed by atoms with Crippen molar-refractivity contribution in [3.63, 3.8) is 0 Å². The number of benzene rings is 1. The molecule has 1 saturated heterocycles. The maximum Gasteiger partial charge on any atom is 0.292 e. The zero-order valence-electron chi connectivity index (χ0n) is 17.1. The number of nitrogens with zero attached hydrogens (tertiary/aromatic N) is 5. The zero-order valence-corrected chi connectivity index (χ0v) is 17.1. The number of piperidine rings is 1. The molecule has 2 aromatic heterocycles. The lowest BCUT2D eigenvalue weighted by Gasteiger charge is -2.32. The van der Waals surface area contributed by atoms with Gasteiger partial charge in [-0.15, -0.1) is 0 Å². The molecule has 0 radical (unpaired) electrons. The summed E-state index contributed by atoms with van der Waals surface area (Å²) < 4.78 is 1.70. The SMILES string of the molecule is Cc1nn(-c2ccccc2)c(C)c1C(=O)C(=O)NC1CCN(c2ncccn2)CC1. The number of anilines is 1. The minimum atomic E-state index is -0.580. The van der Waals surface area contributed by atoms with Gasteiger partial charge < -0.3 is 10.2 Å². The Kier molecular flexibility index (Phi) is 5.56.